The molecule has 1 aromatic rings. The van der Waals surface area contributed by atoms with Gasteiger partial charge in [-0.3, -0.25) is 4.90 Å². The third-order valence-corrected chi connectivity index (χ3v) is 7.62. The topological polar surface area (TPSA) is 91.0 Å². The summed E-state index contributed by atoms with van der Waals surface area (Å²) in [5, 5.41) is 5.93. The summed E-state index contributed by atoms with van der Waals surface area (Å²) in [6.45, 7) is 3.40. The van der Waals surface area contributed by atoms with Crippen molar-refractivity contribution in [2.24, 2.45) is 0 Å². The van der Waals surface area contributed by atoms with Crippen molar-refractivity contribution in [2.45, 2.75) is 32.3 Å². The van der Waals surface area contributed by atoms with Gasteiger partial charge >= 0.3 is 6.03 Å². The number of rotatable bonds is 6. The molecule has 2 amide bonds. The Hall–Kier alpha value is -2.78. The smallest absolute Gasteiger partial charge is 0.326 e. The number of anilines is 1. The molecule has 3 heterocycles. The van der Waals surface area contributed by atoms with Gasteiger partial charge in [-0.1, -0.05) is 6.92 Å². The number of carbonyl (C=O) groups excluding carboxylic acids is 1. The normalized spacial score (nSPS) is 19.3. The average molecular weight is 445 g/mol. The summed E-state index contributed by atoms with van der Waals surface area (Å²) in [7, 11) is -3.14. The predicted octanol–water partition coefficient (Wildman–Crippen LogP) is 3.00. The van der Waals surface area contributed by atoms with Crippen molar-refractivity contribution < 1.29 is 17.9 Å². The van der Waals surface area contributed by atoms with Gasteiger partial charge in [0, 0.05) is 37.4 Å². The first-order valence-corrected chi connectivity index (χ1v) is 12.2. The molecular formula is C22H28N4O4S. The van der Waals surface area contributed by atoms with Crippen LogP contribution in [0.25, 0.3) is 0 Å². The molecule has 9 heteroatoms. The van der Waals surface area contributed by atoms with Crippen LogP contribution in [-0.2, 0) is 10.0 Å². The number of carbonyl (C=O) groups is 1. The van der Waals surface area contributed by atoms with E-state index in [1.165, 1.54) is 0 Å². The lowest BCUT2D eigenvalue weighted by atomic mass is 10.1. The molecule has 0 spiro atoms. The lowest BCUT2D eigenvalue weighted by molar-refractivity contribution is 0.135. The fraction of sp³-hybridized carbons (Fsp3) is 0.409. The van der Waals surface area contributed by atoms with E-state index in [4.69, 9.17) is 4.74 Å². The molecule has 0 unspecified atom stereocenters. The van der Waals surface area contributed by atoms with Crippen LogP contribution in [0.15, 0.2) is 60.1 Å². The first kappa shape index (κ1) is 21.5. The molecule has 4 rings (SSSR count). The first-order chi connectivity index (χ1) is 14.9. The van der Waals surface area contributed by atoms with Gasteiger partial charge < -0.3 is 15.4 Å². The largest absolute Gasteiger partial charge is 0.490 e. The number of sulfonamides is 1. The molecule has 1 aromatic carbocycles. The van der Waals surface area contributed by atoms with E-state index in [1.54, 1.807) is 9.21 Å². The van der Waals surface area contributed by atoms with Gasteiger partial charge in [0.05, 0.1) is 12.3 Å². The van der Waals surface area contributed by atoms with E-state index < -0.39 is 10.0 Å². The molecule has 2 N–H and O–H groups in total. The summed E-state index contributed by atoms with van der Waals surface area (Å²) in [6.07, 6.45) is 9.47. The molecular weight excluding hydrogens is 416 g/mol. The zero-order valence-electron chi connectivity index (χ0n) is 17.6. The Bertz CT molecular complexity index is 1010. The SMILES string of the molecule is CCCS(=O)(=O)N1CCC(Oc2ccc(NC(=O)N3C=C4C=CNC=C4C3)cc2)CC1. The van der Waals surface area contributed by atoms with Gasteiger partial charge in [-0.05, 0) is 60.8 Å². The van der Waals surface area contributed by atoms with Crippen LogP contribution in [0.5, 0.6) is 5.75 Å². The molecule has 0 atom stereocenters. The van der Waals surface area contributed by atoms with Gasteiger partial charge in [-0.2, -0.15) is 0 Å². The highest BCUT2D eigenvalue weighted by atomic mass is 32.2. The van der Waals surface area contributed by atoms with Crippen LogP contribution in [0.3, 0.4) is 0 Å². The molecule has 8 nitrogen and oxygen atoms in total. The van der Waals surface area contributed by atoms with Gasteiger partial charge in [0.15, 0.2) is 0 Å². The molecule has 3 aliphatic rings. The second-order valence-corrected chi connectivity index (χ2v) is 9.96. The highest BCUT2D eigenvalue weighted by Gasteiger charge is 2.28. The van der Waals surface area contributed by atoms with Gasteiger partial charge in [0.2, 0.25) is 10.0 Å². The number of allylic oxidation sites excluding steroid dienone is 1. The Labute approximate surface area is 183 Å². The number of hydrogen-bond acceptors (Lipinski definition) is 5. The van der Waals surface area contributed by atoms with E-state index in [-0.39, 0.29) is 17.9 Å². The minimum Gasteiger partial charge on any atom is -0.490 e. The zero-order valence-corrected chi connectivity index (χ0v) is 18.4. The average Bonchev–Trinajstić information content (AvgIpc) is 3.20. The van der Waals surface area contributed by atoms with Crippen molar-refractivity contribution in [3.8, 4) is 5.75 Å². The molecule has 166 valence electrons. The number of piperidine rings is 1. The van der Waals surface area contributed by atoms with Crippen molar-refractivity contribution >= 4 is 21.7 Å². The van der Waals surface area contributed by atoms with Crippen LogP contribution in [0.2, 0.25) is 0 Å². The summed E-state index contributed by atoms with van der Waals surface area (Å²) >= 11 is 0. The highest BCUT2D eigenvalue weighted by Crippen LogP contribution is 2.25. The maximum atomic E-state index is 12.5. The fourth-order valence-electron chi connectivity index (χ4n) is 3.89. The standard InChI is InChI=1S/C22H28N4O4S/c1-2-13-31(28,29)26-11-8-21(9-12-26)30-20-5-3-19(4-6-20)24-22(27)25-15-17-7-10-23-14-18(17)16-25/h3-7,10,14-15,21,23H,2,8-9,11-13,16H2,1H3,(H,24,27). The van der Waals surface area contributed by atoms with E-state index >= 15 is 0 Å². The van der Waals surface area contributed by atoms with Crippen molar-refractivity contribution in [1.82, 2.24) is 14.5 Å². The number of ether oxygens (including phenoxy) is 1. The lowest BCUT2D eigenvalue weighted by Crippen LogP contribution is -2.42. The minimum atomic E-state index is -3.14. The Morgan fingerprint density at radius 3 is 2.65 bits per heavy atom. The van der Waals surface area contributed by atoms with Crippen LogP contribution >= 0.6 is 0 Å². The monoisotopic (exact) mass is 444 g/mol. The maximum absolute atomic E-state index is 12.5. The number of nitrogens with zero attached hydrogens (tertiary/aromatic N) is 2. The number of nitrogens with one attached hydrogen (secondary N) is 2. The Balaban J connectivity index is 1.27. The predicted molar refractivity (Wildman–Crippen MR) is 120 cm³/mol. The summed E-state index contributed by atoms with van der Waals surface area (Å²) < 4.78 is 32.0. The summed E-state index contributed by atoms with van der Waals surface area (Å²) in [4.78, 5) is 14.2. The van der Waals surface area contributed by atoms with Gasteiger partial charge in [-0.25, -0.2) is 17.5 Å². The van der Waals surface area contributed by atoms with E-state index in [0.717, 1.165) is 11.1 Å². The molecule has 0 bridgehead atoms. The van der Waals surface area contributed by atoms with Gasteiger partial charge in [-0.15, -0.1) is 0 Å². The third-order valence-electron chi connectivity index (χ3n) is 5.55. The molecule has 3 aliphatic heterocycles. The molecule has 1 saturated heterocycles. The van der Waals surface area contributed by atoms with Crippen LogP contribution in [0.1, 0.15) is 26.2 Å². The zero-order chi connectivity index (χ0) is 21.8. The lowest BCUT2D eigenvalue weighted by Gasteiger charge is -2.31. The van der Waals surface area contributed by atoms with Crippen molar-refractivity contribution in [3.63, 3.8) is 0 Å². The van der Waals surface area contributed by atoms with Crippen molar-refractivity contribution in [1.29, 1.82) is 0 Å². The van der Waals surface area contributed by atoms with Gasteiger partial charge in [0.1, 0.15) is 11.9 Å². The fourth-order valence-corrected chi connectivity index (χ4v) is 5.43. The minimum absolute atomic E-state index is 0.0111. The van der Waals surface area contributed by atoms with Crippen molar-refractivity contribution in [2.75, 3.05) is 30.7 Å². The number of benzene rings is 1. The van der Waals surface area contributed by atoms with E-state index in [9.17, 15) is 13.2 Å². The van der Waals surface area contributed by atoms with E-state index in [0.29, 0.717) is 50.3 Å². The molecule has 1 fully saturated rings. The Morgan fingerprint density at radius 2 is 1.97 bits per heavy atom. The molecule has 0 aromatic heterocycles. The maximum Gasteiger partial charge on any atom is 0.326 e. The second-order valence-electron chi connectivity index (χ2n) is 7.87. The summed E-state index contributed by atoms with van der Waals surface area (Å²) in [6, 6.07) is 7.09. The summed E-state index contributed by atoms with van der Waals surface area (Å²) in [5.74, 6) is 0.911. The number of amides is 2. The van der Waals surface area contributed by atoms with Crippen LogP contribution < -0.4 is 15.4 Å². The summed E-state index contributed by atoms with van der Waals surface area (Å²) in [5.41, 5.74) is 2.80. The quantitative estimate of drug-likeness (QED) is 0.704. The number of hydrogen-bond donors (Lipinski definition) is 2. The van der Waals surface area contributed by atoms with Crippen LogP contribution in [0, 0.1) is 0 Å². The molecule has 0 radical (unpaired) electrons. The van der Waals surface area contributed by atoms with Crippen molar-refractivity contribution in [3.05, 3.63) is 60.1 Å². The molecule has 31 heavy (non-hydrogen) atoms. The van der Waals surface area contributed by atoms with E-state index in [2.05, 4.69) is 10.6 Å². The number of fused-ring (bicyclic) bond motifs is 1. The Morgan fingerprint density at radius 1 is 1.23 bits per heavy atom. The first-order valence-electron chi connectivity index (χ1n) is 10.6. The third kappa shape index (κ3) is 5.11. The van der Waals surface area contributed by atoms with E-state index in [1.807, 2.05) is 55.9 Å². The number of urea groups is 1. The Kier molecular flexibility index (Phi) is 6.33. The van der Waals surface area contributed by atoms with Crippen LogP contribution in [0.4, 0.5) is 10.5 Å². The molecule has 0 aliphatic carbocycles. The molecule has 0 saturated carbocycles. The number of dihydropyridines is 1. The second kappa shape index (κ2) is 9.15. The highest BCUT2D eigenvalue weighted by molar-refractivity contribution is 7.89. The van der Waals surface area contributed by atoms with Crippen LogP contribution in [-0.4, -0.2) is 55.1 Å². The van der Waals surface area contributed by atoms with Gasteiger partial charge in [0.25, 0.3) is 0 Å².